The molecule has 9 nitrogen and oxygen atoms in total. The molecule has 0 aliphatic carbocycles. The molecule has 2 heterocycles. The van der Waals surface area contributed by atoms with E-state index in [-0.39, 0.29) is 35.4 Å². The molecule has 0 unspecified atom stereocenters. The van der Waals surface area contributed by atoms with Crippen LogP contribution in [0.4, 0.5) is 0 Å². The SMILES string of the molecule is CCOC(=O)/C=C\C(=C/C/C=C(\Cl)CC[C@@H]1C[C@@H](OCc2ccc(OC)c(OC)c2)[C@@H]([C@H]2COC(C)(C)O2)O1)CO[Si](C)(C)C(C)(C)C. The highest BCUT2D eigenvalue weighted by Gasteiger charge is 2.46. The summed E-state index contributed by atoms with van der Waals surface area (Å²) in [5, 5.41) is 0.829. The van der Waals surface area contributed by atoms with E-state index in [2.05, 4.69) is 33.9 Å². The zero-order chi connectivity index (χ0) is 35.5. The van der Waals surface area contributed by atoms with Gasteiger partial charge in [-0.3, -0.25) is 0 Å². The molecular formula is C37H57ClO9Si. The average Bonchev–Trinajstić information content (AvgIpc) is 3.61. The van der Waals surface area contributed by atoms with Crippen LogP contribution in [0, 0.1) is 0 Å². The van der Waals surface area contributed by atoms with Crippen LogP contribution in [0.15, 0.2) is 53.1 Å². The highest BCUT2D eigenvalue weighted by Crippen LogP contribution is 2.38. The predicted molar refractivity (Wildman–Crippen MR) is 191 cm³/mol. The Morgan fingerprint density at radius 3 is 2.46 bits per heavy atom. The van der Waals surface area contributed by atoms with Crippen LogP contribution in [0.25, 0.3) is 0 Å². The largest absolute Gasteiger partial charge is 0.493 e. The van der Waals surface area contributed by atoms with Crippen LogP contribution in [0.3, 0.4) is 0 Å². The highest BCUT2D eigenvalue weighted by molar-refractivity contribution is 6.74. The van der Waals surface area contributed by atoms with Gasteiger partial charge < -0.3 is 37.6 Å². The van der Waals surface area contributed by atoms with Gasteiger partial charge in [0.1, 0.15) is 12.2 Å². The minimum atomic E-state index is -1.98. The molecule has 0 radical (unpaired) electrons. The van der Waals surface area contributed by atoms with Gasteiger partial charge in [-0.25, -0.2) is 4.79 Å². The molecule has 0 aromatic heterocycles. The Kier molecular flexibility index (Phi) is 15.2. The molecule has 2 fully saturated rings. The minimum Gasteiger partial charge on any atom is -0.493 e. The lowest BCUT2D eigenvalue weighted by molar-refractivity contribution is -0.164. The normalized spacial score (nSPS) is 23.6. The van der Waals surface area contributed by atoms with E-state index in [4.69, 9.17) is 49.2 Å². The summed E-state index contributed by atoms with van der Waals surface area (Å²) in [5.74, 6) is 0.292. The maximum Gasteiger partial charge on any atom is 0.330 e. The molecule has 0 bridgehead atoms. The van der Waals surface area contributed by atoms with Gasteiger partial charge in [0.25, 0.3) is 0 Å². The molecule has 48 heavy (non-hydrogen) atoms. The third-order valence-electron chi connectivity index (χ3n) is 9.07. The maximum absolute atomic E-state index is 12.0. The summed E-state index contributed by atoms with van der Waals surface area (Å²) in [6, 6.07) is 5.78. The monoisotopic (exact) mass is 708 g/mol. The van der Waals surface area contributed by atoms with E-state index in [1.165, 1.54) is 6.08 Å². The molecule has 11 heteroatoms. The predicted octanol–water partition coefficient (Wildman–Crippen LogP) is 8.26. The van der Waals surface area contributed by atoms with Gasteiger partial charge in [-0.05, 0) is 87.5 Å². The first-order valence-corrected chi connectivity index (χ1v) is 20.2. The quantitative estimate of drug-likeness (QED) is 0.0687. The topological polar surface area (TPSA) is 90.9 Å². The zero-order valence-electron chi connectivity index (χ0n) is 30.6. The van der Waals surface area contributed by atoms with Gasteiger partial charge in [-0.2, -0.15) is 0 Å². The summed E-state index contributed by atoms with van der Waals surface area (Å²) < 4.78 is 47.4. The molecular weight excluding hydrogens is 652 g/mol. The van der Waals surface area contributed by atoms with Crippen LogP contribution >= 0.6 is 11.6 Å². The van der Waals surface area contributed by atoms with E-state index in [1.807, 2.05) is 44.2 Å². The number of halogens is 1. The molecule has 1 aromatic rings. The second kappa shape index (κ2) is 18.2. The molecule has 270 valence electrons. The summed E-state index contributed by atoms with van der Waals surface area (Å²) in [7, 11) is 1.26. The van der Waals surface area contributed by atoms with E-state index in [1.54, 1.807) is 27.2 Å². The van der Waals surface area contributed by atoms with Gasteiger partial charge in [0.05, 0.1) is 52.9 Å². The van der Waals surface area contributed by atoms with Crippen molar-refractivity contribution >= 4 is 25.9 Å². The van der Waals surface area contributed by atoms with Crippen LogP contribution in [0.2, 0.25) is 18.1 Å². The van der Waals surface area contributed by atoms with Crippen molar-refractivity contribution in [3.8, 4) is 11.5 Å². The number of allylic oxidation sites excluding steroid dienone is 3. The van der Waals surface area contributed by atoms with Crippen molar-refractivity contribution in [3.05, 3.63) is 58.7 Å². The van der Waals surface area contributed by atoms with Crippen LogP contribution in [0.1, 0.15) is 72.8 Å². The van der Waals surface area contributed by atoms with Crippen molar-refractivity contribution in [1.29, 1.82) is 0 Å². The summed E-state index contributed by atoms with van der Waals surface area (Å²) in [6.45, 7) is 18.2. The Bertz CT molecular complexity index is 1280. The first kappa shape index (κ1) is 40.2. The summed E-state index contributed by atoms with van der Waals surface area (Å²) in [5.41, 5.74) is 1.88. The molecule has 0 saturated carbocycles. The Morgan fingerprint density at radius 2 is 1.83 bits per heavy atom. The van der Waals surface area contributed by atoms with Gasteiger partial charge in [-0.15, -0.1) is 0 Å². The Morgan fingerprint density at radius 1 is 1.10 bits per heavy atom. The minimum absolute atomic E-state index is 0.0449. The molecule has 2 aliphatic heterocycles. The maximum atomic E-state index is 12.0. The molecule has 0 amide bonds. The third kappa shape index (κ3) is 12.3. The number of benzene rings is 1. The Hall–Kier alpha value is -2.18. The number of carbonyl (C=O) groups excluding carboxylic acids is 1. The number of hydrogen-bond donors (Lipinski definition) is 0. The molecule has 3 rings (SSSR count). The lowest BCUT2D eigenvalue weighted by Crippen LogP contribution is -2.41. The van der Waals surface area contributed by atoms with Crippen molar-refractivity contribution in [3.63, 3.8) is 0 Å². The Balaban J connectivity index is 1.63. The van der Waals surface area contributed by atoms with E-state index in [9.17, 15) is 4.79 Å². The first-order valence-electron chi connectivity index (χ1n) is 16.9. The fraction of sp³-hybridized carbons (Fsp3) is 0.649. The van der Waals surface area contributed by atoms with Gasteiger partial charge in [0, 0.05) is 17.5 Å². The standard InChI is InChI=1S/C37H57ClO9Si/c1-11-42-34(39)20-16-26(24-45-48(9,10)36(2,3)4)13-12-14-28(38)17-18-29-22-32(35(46-29)33-25-44-37(5,6)47-33)43-23-27-15-19-30(40-7)31(21-27)41-8/h13-16,19-21,29,32-33,35H,11-12,17-18,22-25H2,1-10H3/b20-16-,26-13+,28-14-/t29-,32-,33-,35+/m1/s1. The van der Waals surface area contributed by atoms with Crippen LogP contribution < -0.4 is 9.47 Å². The summed E-state index contributed by atoms with van der Waals surface area (Å²) in [6.07, 6.45) is 9.29. The van der Waals surface area contributed by atoms with Crippen LogP contribution in [-0.2, 0) is 39.5 Å². The van der Waals surface area contributed by atoms with Crippen molar-refractivity contribution in [1.82, 2.24) is 0 Å². The van der Waals surface area contributed by atoms with Crippen molar-refractivity contribution in [2.45, 2.75) is 122 Å². The molecule has 2 saturated heterocycles. The second-order valence-electron chi connectivity index (χ2n) is 14.2. The number of carbonyl (C=O) groups is 1. The molecule has 4 atom stereocenters. The fourth-order valence-corrected chi connectivity index (χ4v) is 6.40. The number of ether oxygens (including phenoxy) is 7. The van der Waals surface area contributed by atoms with Gasteiger partial charge >= 0.3 is 5.97 Å². The third-order valence-corrected chi connectivity index (χ3v) is 13.9. The van der Waals surface area contributed by atoms with Crippen molar-refractivity contribution < 1.29 is 42.4 Å². The first-order chi connectivity index (χ1) is 22.6. The number of rotatable bonds is 17. The van der Waals surface area contributed by atoms with Gasteiger partial charge in [0.2, 0.25) is 0 Å². The molecule has 1 aromatic carbocycles. The van der Waals surface area contributed by atoms with Gasteiger partial charge in [0.15, 0.2) is 25.6 Å². The zero-order valence-corrected chi connectivity index (χ0v) is 32.3. The summed E-state index contributed by atoms with van der Waals surface area (Å²) in [4.78, 5) is 12.0. The summed E-state index contributed by atoms with van der Waals surface area (Å²) >= 11 is 6.71. The molecule has 2 aliphatic rings. The van der Waals surface area contributed by atoms with E-state index >= 15 is 0 Å². The smallest absolute Gasteiger partial charge is 0.330 e. The van der Waals surface area contributed by atoms with Crippen LogP contribution in [0.5, 0.6) is 11.5 Å². The van der Waals surface area contributed by atoms with E-state index in [0.717, 1.165) is 29.0 Å². The van der Waals surface area contributed by atoms with Crippen molar-refractivity contribution in [2.24, 2.45) is 0 Å². The number of hydrogen-bond acceptors (Lipinski definition) is 9. The average molecular weight is 709 g/mol. The molecule has 0 N–H and O–H groups in total. The van der Waals surface area contributed by atoms with Gasteiger partial charge in [-0.1, -0.05) is 50.6 Å². The Labute approximate surface area is 294 Å². The van der Waals surface area contributed by atoms with E-state index in [0.29, 0.717) is 50.8 Å². The van der Waals surface area contributed by atoms with E-state index < -0.39 is 14.1 Å². The highest BCUT2D eigenvalue weighted by atomic mass is 35.5. The molecule has 0 spiro atoms. The number of esters is 1. The second-order valence-corrected chi connectivity index (χ2v) is 19.5. The lowest BCUT2D eigenvalue weighted by atomic mass is 10.0. The number of methoxy groups -OCH3 is 2. The fourth-order valence-electron chi connectivity index (χ4n) is 5.25. The van der Waals surface area contributed by atoms with Crippen molar-refractivity contribution in [2.75, 3.05) is 34.0 Å². The van der Waals surface area contributed by atoms with Crippen LogP contribution in [-0.4, -0.2) is 78.5 Å². The lowest BCUT2D eigenvalue weighted by Gasteiger charge is -2.36.